The molecular weight excluding hydrogens is 200 g/mol. The average molecular weight is 220 g/mol. The van der Waals surface area contributed by atoms with Crippen molar-refractivity contribution >= 4 is 0 Å². The summed E-state index contributed by atoms with van der Waals surface area (Å²) >= 11 is 0. The monoisotopic (exact) mass is 220 g/mol. The van der Waals surface area contributed by atoms with Crippen LogP contribution in [0.5, 0.6) is 0 Å². The van der Waals surface area contributed by atoms with Crippen molar-refractivity contribution in [2.45, 2.75) is 51.6 Å². The molecule has 0 spiro atoms. The van der Waals surface area contributed by atoms with Crippen LogP contribution >= 0.6 is 0 Å². The molecule has 2 heterocycles. The first-order valence-electron chi connectivity index (χ1n) is 6.30. The van der Waals surface area contributed by atoms with Gasteiger partial charge in [0.25, 0.3) is 0 Å². The van der Waals surface area contributed by atoms with Crippen LogP contribution in [0.4, 0.5) is 0 Å². The predicted molar refractivity (Wildman–Crippen MR) is 61.8 cm³/mol. The van der Waals surface area contributed by atoms with Crippen LogP contribution in [-0.2, 0) is 18.5 Å². The van der Waals surface area contributed by atoms with Gasteiger partial charge in [0, 0.05) is 13.0 Å². The zero-order valence-electron chi connectivity index (χ0n) is 10.1. The largest absolute Gasteiger partial charge is 0.319 e. The van der Waals surface area contributed by atoms with Crippen LogP contribution < -0.4 is 5.73 Å². The van der Waals surface area contributed by atoms with Crippen LogP contribution in [0.25, 0.3) is 0 Å². The first-order chi connectivity index (χ1) is 7.59. The molecule has 16 heavy (non-hydrogen) atoms. The molecule has 0 amide bonds. The second-order valence-corrected chi connectivity index (χ2v) is 5.75. The van der Waals surface area contributed by atoms with E-state index in [4.69, 9.17) is 5.73 Å². The number of aromatic nitrogens is 3. The average Bonchev–Trinajstić information content (AvgIpc) is 2.99. The Labute approximate surface area is 96.2 Å². The molecule has 1 aromatic rings. The molecule has 1 fully saturated rings. The van der Waals surface area contributed by atoms with Crippen molar-refractivity contribution in [3.05, 3.63) is 11.6 Å². The molecule has 0 saturated heterocycles. The molecule has 1 aromatic heterocycles. The lowest BCUT2D eigenvalue weighted by Crippen LogP contribution is -2.39. The molecule has 1 aliphatic heterocycles. The Morgan fingerprint density at radius 2 is 2.06 bits per heavy atom. The van der Waals surface area contributed by atoms with Gasteiger partial charge in [0.1, 0.15) is 5.82 Å². The van der Waals surface area contributed by atoms with Gasteiger partial charge in [-0.1, -0.05) is 6.92 Å². The Morgan fingerprint density at radius 1 is 1.31 bits per heavy atom. The number of nitrogens with zero attached hydrogens (tertiary/aromatic N) is 3. The van der Waals surface area contributed by atoms with E-state index < -0.39 is 0 Å². The number of rotatable bonds is 2. The molecule has 1 aliphatic carbocycles. The second-order valence-electron chi connectivity index (χ2n) is 5.75. The summed E-state index contributed by atoms with van der Waals surface area (Å²) in [6.07, 6.45) is 4.75. The van der Waals surface area contributed by atoms with E-state index in [1.165, 1.54) is 19.3 Å². The molecule has 3 rings (SSSR count). The highest BCUT2D eigenvalue weighted by molar-refractivity contribution is 5.13. The minimum Gasteiger partial charge on any atom is -0.319 e. The molecular formula is C12H20N4. The van der Waals surface area contributed by atoms with Crippen LogP contribution in [0.15, 0.2) is 0 Å². The summed E-state index contributed by atoms with van der Waals surface area (Å²) in [7, 11) is 0. The van der Waals surface area contributed by atoms with Gasteiger partial charge in [-0.25, -0.2) is 0 Å². The molecule has 0 aromatic carbocycles. The Hall–Kier alpha value is -0.900. The third kappa shape index (κ3) is 1.47. The number of hydrogen-bond acceptors (Lipinski definition) is 3. The smallest absolute Gasteiger partial charge is 0.153 e. The molecule has 2 unspecified atom stereocenters. The number of fused-ring (bicyclic) bond motifs is 1. The zero-order chi connectivity index (χ0) is 11.3. The van der Waals surface area contributed by atoms with Gasteiger partial charge in [-0.05, 0) is 38.0 Å². The van der Waals surface area contributed by atoms with Crippen LogP contribution in [0.2, 0.25) is 0 Å². The highest BCUT2D eigenvalue weighted by atomic mass is 15.3. The normalized spacial score (nSPS) is 28.6. The summed E-state index contributed by atoms with van der Waals surface area (Å²) in [5, 5.41) is 8.67. The molecule has 2 aliphatic rings. The fourth-order valence-electron chi connectivity index (χ4n) is 2.75. The molecule has 88 valence electrons. The fraction of sp³-hybridized carbons (Fsp3) is 0.833. The highest BCUT2D eigenvalue weighted by Crippen LogP contribution is 2.43. The van der Waals surface area contributed by atoms with E-state index in [0.717, 1.165) is 30.5 Å². The van der Waals surface area contributed by atoms with Crippen molar-refractivity contribution in [2.75, 3.05) is 0 Å². The lowest BCUT2D eigenvalue weighted by atomic mass is 9.94. The maximum absolute atomic E-state index is 6.42. The van der Waals surface area contributed by atoms with E-state index in [1.54, 1.807) is 0 Å². The first kappa shape index (κ1) is 10.3. The molecule has 2 atom stereocenters. The summed E-state index contributed by atoms with van der Waals surface area (Å²) in [5.74, 6) is 3.48. The van der Waals surface area contributed by atoms with Crippen molar-refractivity contribution in [1.82, 2.24) is 14.8 Å². The van der Waals surface area contributed by atoms with Crippen molar-refractivity contribution in [1.29, 1.82) is 0 Å². The lowest BCUT2D eigenvalue weighted by molar-refractivity contribution is 0.346. The van der Waals surface area contributed by atoms with Gasteiger partial charge in [0.15, 0.2) is 5.82 Å². The highest BCUT2D eigenvalue weighted by Gasteiger charge is 2.43. The molecule has 2 N–H and O–H groups in total. The van der Waals surface area contributed by atoms with Gasteiger partial charge < -0.3 is 10.3 Å². The molecule has 1 saturated carbocycles. The third-order valence-corrected chi connectivity index (χ3v) is 4.11. The summed E-state index contributed by atoms with van der Waals surface area (Å²) in [4.78, 5) is 0. The number of hydrogen-bond donors (Lipinski definition) is 1. The summed E-state index contributed by atoms with van der Waals surface area (Å²) < 4.78 is 2.26. The molecule has 4 nitrogen and oxygen atoms in total. The molecule has 0 bridgehead atoms. The van der Waals surface area contributed by atoms with E-state index in [0.29, 0.717) is 5.92 Å². The Kier molecular flexibility index (Phi) is 2.11. The SMILES string of the molecule is CC1CCn2c(nnc2C(C)(N)C2CC2)C1. The standard InChI is InChI=1S/C12H20N4/c1-8-5-6-16-10(7-8)14-15-11(16)12(2,13)9-3-4-9/h8-9H,3-7,13H2,1-2H3. The van der Waals surface area contributed by atoms with Crippen LogP contribution in [0.1, 0.15) is 44.8 Å². The Morgan fingerprint density at radius 3 is 2.75 bits per heavy atom. The van der Waals surface area contributed by atoms with Gasteiger partial charge >= 0.3 is 0 Å². The number of nitrogens with two attached hydrogens (primary N) is 1. The molecule has 4 heteroatoms. The van der Waals surface area contributed by atoms with E-state index in [1.807, 2.05) is 0 Å². The maximum Gasteiger partial charge on any atom is 0.153 e. The maximum atomic E-state index is 6.42. The molecule has 0 radical (unpaired) electrons. The van der Waals surface area contributed by atoms with E-state index in [9.17, 15) is 0 Å². The Bertz CT molecular complexity index is 403. The van der Waals surface area contributed by atoms with E-state index in [-0.39, 0.29) is 5.54 Å². The summed E-state index contributed by atoms with van der Waals surface area (Å²) in [6, 6.07) is 0. The van der Waals surface area contributed by atoms with Gasteiger partial charge in [-0.2, -0.15) is 0 Å². The van der Waals surface area contributed by atoms with Crippen molar-refractivity contribution in [3.63, 3.8) is 0 Å². The summed E-state index contributed by atoms with van der Waals surface area (Å²) in [5.41, 5.74) is 6.15. The zero-order valence-corrected chi connectivity index (χ0v) is 10.1. The third-order valence-electron chi connectivity index (χ3n) is 4.11. The quantitative estimate of drug-likeness (QED) is 0.820. The van der Waals surface area contributed by atoms with E-state index in [2.05, 4.69) is 28.6 Å². The summed E-state index contributed by atoms with van der Waals surface area (Å²) in [6.45, 7) is 5.43. The minimum absolute atomic E-state index is 0.272. The van der Waals surface area contributed by atoms with Gasteiger partial charge in [0.2, 0.25) is 0 Å². The lowest BCUT2D eigenvalue weighted by Gasteiger charge is -2.27. The van der Waals surface area contributed by atoms with Crippen molar-refractivity contribution < 1.29 is 0 Å². The first-order valence-corrected chi connectivity index (χ1v) is 6.30. The van der Waals surface area contributed by atoms with Crippen LogP contribution in [0.3, 0.4) is 0 Å². The van der Waals surface area contributed by atoms with Gasteiger partial charge in [-0.3, -0.25) is 0 Å². The fourth-order valence-corrected chi connectivity index (χ4v) is 2.75. The minimum atomic E-state index is -0.272. The van der Waals surface area contributed by atoms with Crippen molar-refractivity contribution in [3.8, 4) is 0 Å². The topological polar surface area (TPSA) is 56.7 Å². The second kappa shape index (κ2) is 3.29. The van der Waals surface area contributed by atoms with Crippen LogP contribution in [-0.4, -0.2) is 14.8 Å². The van der Waals surface area contributed by atoms with Crippen molar-refractivity contribution in [2.24, 2.45) is 17.6 Å². The van der Waals surface area contributed by atoms with Gasteiger partial charge in [0.05, 0.1) is 5.54 Å². The van der Waals surface area contributed by atoms with Crippen LogP contribution in [0, 0.1) is 11.8 Å². The predicted octanol–water partition coefficient (Wildman–Crippen LogP) is 1.44. The van der Waals surface area contributed by atoms with E-state index >= 15 is 0 Å². The Balaban J connectivity index is 1.97. The van der Waals surface area contributed by atoms with Gasteiger partial charge in [-0.15, -0.1) is 10.2 Å².